The Morgan fingerprint density at radius 2 is 2.05 bits per heavy atom. The highest BCUT2D eigenvalue weighted by Crippen LogP contribution is 2.37. The SMILES string of the molecule is COc1ccc2nc(-c3ccc(N)cc3O)sc2c1. The van der Waals surface area contributed by atoms with Crippen LogP contribution >= 0.6 is 11.3 Å². The van der Waals surface area contributed by atoms with Crippen molar-refractivity contribution in [3.8, 4) is 22.1 Å². The van der Waals surface area contributed by atoms with E-state index in [0.717, 1.165) is 21.0 Å². The summed E-state index contributed by atoms with van der Waals surface area (Å²) in [5.41, 5.74) is 7.73. The summed E-state index contributed by atoms with van der Waals surface area (Å²) in [7, 11) is 1.63. The first-order chi connectivity index (χ1) is 9.17. The lowest BCUT2D eigenvalue weighted by Gasteiger charge is -2.01. The number of aromatic hydroxyl groups is 1. The number of nitrogens with two attached hydrogens (primary N) is 1. The average Bonchev–Trinajstić information content (AvgIpc) is 2.80. The second-order valence-corrected chi connectivity index (χ2v) is 5.16. The number of nitrogens with zero attached hydrogens (tertiary/aromatic N) is 1. The first-order valence-corrected chi connectivity index (χ1v) is 6.52. The van der Waals surface area contributed by atoms with Crippen LogP contribution in [0.25, 0.3) is 20.8 Å². The molecule has 0 amide bonds. The number of thiazole rings is 1. The van der Waals surface area contributed by atoms with Crippen molar-refractivity contribution < 1.29 is 9.84 Å². The number of hydrogen-bond acceptors (Lipinski definition) is 5. The van der Waals surface area contributed by atoms with Gasteiger partial charge in [-0.1, -0.05) is 0 Å². The molecule has 0 saturated heterocycles. The highest BCUT2D eigenvalue weighted by molar-refractivity contribution is 7.21. The fourth-order valence-electron chi connectivity index (χ4n) is 1.88. The number of hydrogen-bond donors (Lipinski definition) is 2. The number of nitrogen functional groups attached to an aromatic ring is 1. The van der Waals surface area contributed by atoms with E-state index in [2.05, 4.69) is 4.98 Å². The van der Waals surface area contributed by atoms with Gasteiger partial charge in [-0.3, -0.25) is 0 Å². The Kier molecular flexibility index (Phi) is 2.76. The number of anilines is 1. The molecule has 0 atom stereocenters. The summed E-state index contributed by atoms with van der Waals surface area (Å²) in [5, 5.41) is 10.7. The van der Waals surface area contributed by atoms with E-state index in [4.69, 9.17) is 10.5 Å². The summed E-state index contributed by atoms with van der Waals surface area (Å²) in [5.74, 6) is 0.940. The van der Waals surface area contributed by atoms with Crippen LogP contribution in [0.2, 0.25) is 0 Å². The molecule has 0 radical (unpaired) electrons. The molecule has 0 aliphatic carbocycles. The zero-order valence-corrected chi connectivity index (χ0v) is 11.1. The molecule has 3 rings (SSSR count). The molecule has 2 aromatic carbocycles. The molecule has 5 heteroatoms. The Labute approximate surface area is 114 Å². The third-order valence-corrected chi connectivity index (χ3v) is 3.90. The molecule has 96 valence electrons. The van der Waals surface area contributed by atoms with Crippen molar-refractivity contribution in [2.45, 2.75) is 0 Å². The van der Waals surface area contributed by atoms with Crippen molar-refractivity contribution in [3.05, 3.63) is 36.4 Å². The maximum atomic E-state index is 9.93. The van der Waals surface area contributed by atoms with Crippen LogP contribution < -0.4 is 10.5 Å². The smallest absolute Gasteiger partial charge is 0.128 e. The zero-order chi connectivity index (χ0) is 13.4. The molecule has 0 unspecified atom stereocenters. The third-order valence-electron chi connectivity index (χ3n) is 2.85. The predicted octanol–water partition coefficient (Wildman–Crippen LogP) is 3.26. The monoisotopic (exact) mass is 272 g/mol. The quantitative estimate of drug-likeness (QED) is 0.703. The van der Waals surface area contributed by atoms with E-state index in [1.165, 1.54) is 17.4 Å². The number of phenols is 1. The van der Waals surface area contributed by atoms with Gasteiger partial charge in [0, 0.05) is 11.8 Å². The maximum absolute atomic E-state index is 9.93. The molecule has 19 heavy (non-hydrogen) atoms. The Bertz CT molecular complexity index is 752. The number of benzene rings is 2. The zero-order valence-electron chi connectivity index (χ0n) is 10.3. The van der Waals surface area contributed by atoms with Crippen molar-refractivity contribution in [3.63, 3.8) is 0 Å². The topological polar surface area (TPSA) is 68.4 Å². The van der Waals surface area contributed by atoms with Crippen molar-refractivity contribution in [2.24, 2.45) is 0 Å². The molecule has 0 fully saturated rings. The third kappa shape index (κ3) is 2.08. The summed E-state index contributed by atoms with van der Waals surface area (Å²) in [4.78, 5) is 4.51. The van der Waals surface area contributed by atoms with Crippen LogP contribution in [0.5, 0.6) is 11.5 Å². The molecular weight excluding hydrogens is 260 g/mol. The standard InChI is InChI=1S/C14H12N2O2S/c1-18-9-3-5-11-13(7-9)19-14(16-11)10-4-2-8(15)6-12(10)17/h2-7,17H,15H2,1H3. The molecule has 0 aliphatic heterocycles. The number of fused-ring (bicyclic) bond motifs is 1. The molecular formula is C14H12N2O2S. The largest absolute Gasteiger partial charge is 0.507 e. The highest BCUT2D eigenvalue weighted by Gasteiger charge is 2.11. The van der Waals surface area contributed by atoms with E-state index in [1.54, 1.807) is 19.2 Å². The van der Waals surface area contributed by atoms with Crippen molar-refractivity contribution in [1.29, 1.82) is 0 Å². The Morgan fingerprint density at radius 1 is 1.21 bits per heavy atom. The minimum atomic E-state index is 0.144. The fraction of sp³-hybridized carbons (Fsp3) is 0.0714. The van der Waals surface area contributed by atoms with Gasteiger partial charge in [-0.25, -0.2) is 4.98 Å². The van der Waals surface area contributed by atoms with Crippen LogP contribution in [0.4, 0.5) is 5.69 Å². The Balaban J connectivity index is 2.14. The second-order valence-electron chi connectivity index (χ2n) is 4.13. The second kappa shape index (κ2) is 4.44. The first-order valence-electron chi connectivity index (χ1n) is 5.71. The van der Waals surface area contributed by atoms with E-state index in [0.29, 0.717) is 11.3 Å². The number of aromatic nitrogens is 1. The number of rotatable bonds is 2. The van der Waals surface area contributed by atoms with E-state index < -0.39 is 0 Å². The maximum Gasteiger partial charge on any atom is 0.128 e. The van der Waals surface area contributed by atoms with Gasteiger partial charge in [0.15, 0.2) is 0 Å². The summed E-state index contributed by atoms with van der Waals surface area (Å²) < 4.78 is 6.21. The van der Waals surface area contributed by atoms with Crippen LogP contribution in [0, 0.1) is 0 Å². The van der Waals surface area contributed by atoms with Crippen molar-refractivity contribution in [2.75, 3.05) is 12.8 Å². The number of phenolic OH excluding ortho intramolecular Hbond substituents is 1. The summed E-state index contributed by atoms with van der Waals surface area (Å²) in [6, 6.07) is 10.8. The number of methoxy groups -OCH3 is 1. The lowest BCUT2D eigenvalue weighted by atomic mass is 10.2. The van der Waals surface area contributed by atoms with Crippen LogP contribution in [0.15, 0.2) is 36.4 Å². The minimum Gasteiger partial charge on any atom is -0.507 e. The molecule has 1 aromatic heterocycles. The van der Waals surface area contributed by atoms with Crippen LogP contribution in [-0.4, -0.2) is 17.2 Å². The van der Waals surface area contributed by atoms with E-state index in [9.17, 15) is 5.11 Å². The molecule has 3 aromatic rings. The number of ether oxygens (including phenoxy) is 1. The summed E-state index contributed by atoms with van der Waals surface area (Å²) in [6.45, 7) is 0. The molecule has 0 spiro atoms. The van der Waals surface area contributed by atoms with Gasteiger partial charge in [0.2, 0.25) is 0 Å². The molecule has 1 heterocycles. The van der Waals surface area contributed by atoms with Crippen LogP contribution in [0.1, 0.15) is 0 Å². The lowest BCUT2D eigenvalue weighted by Crippen LogP contribution is -1.85. The molecule has 0 aliphatic rings. The van der Waals surface area contributed by atoms with E-state index in [1.807, 2.05) is 18.2 Å². The van der Waals surface area contributed by atoms with Crippen LogP contribution in [0.3, 0.4) is 0 Å². The summed E-state index contributed by atoms with van der Waals surface area (Å²) in [6.07, 6.45) is 0. The average molecular weight is 272 g/mol. The molecule has 4 nitrogen and oxygen atoms in total. The van der Waals surface area contributed by atoms with Gasteiger partial charge in [-0.05, 0) is 30.3 Å². The summed E-state index contributed by atoms with van der Waals surface area (Å²) >= 11 is 1.51. The van der Waals surface area contributed by atoms with Gasteiger partial charge >= 0.3 is 0 Å². The van der Waals surface area contributed by atoms with E-state index >= 15 is 0 Å². The van der Waals surface area contributed by atoms with E-state index in [-0.39, 0.29) is 5.75 Å². The first kappa shape index (κ1) is 11.8. The Hall–Kier alpha value is -2.27. The van der Waals surface area contributed by atoms with Gasteiger partial charge in [0.25, 0.3) is 0 Å². The van der Waals surface area contributed by atoms with Crippen molar-refractivity contribution in [1.82, 2.24) is 4.98 Å². The predicted molar refractivity (Wildman–Crippen MR) is 77.7 cm³/mol. The normalized spacial score (nSPS) is 10.8. The Morgan fingerprint density at radius 3 is 2.79 bits per heavy atom. The minimum absolute atomic E-state index is 0.144. The van der Waals surface area contributed by atoms with Crippen LogP contribution in [-0.2, 0) is 0 Å². The molecule has 3 N–H and O–H groups in total. The van der Waals surface area contributed by atoms with Gasteiger partial charge in [-0.2, -0.15) is 0 Å². The molecule has 0 saturated carbocycles. The van der Waals surface area contributed by atoms with Gasteiger partial charge in [-0.15, -0.1) is 11.3 Å². The van der Waals surface area contributed by atoms with Gasteiger partial charge in [0.05, 0.1) is 22.9 Å². The highest BCUT2D eigenvalue weighted by atomic mass is 32.1. The van der Waals surface area contributed by atoms with Gasteiger partial charge < -0.3 is 15.6 Å². The van der Waals surface area contributed by atoms with Crippen molar-refractivity contribution >= 4 is 27.2 Å². The van der Waals surface area contributed by atoms with Gasteiger partial charge in [0.1, 0.15) is 16.5 Å². The fourth-order valence-corrected chi connectivity index (χ4v) is 2.90. The molecule has 0 bridgehead atoms. The lowest BCUT2D eigenvalue weighted by molar-refractivity contribution is 0.415.